The van der Waals surface area contributed by atoms with E-state index < -0.39 is 0 Å². The van der Waals surface area contributed by atoms with E-state index in [1.54, 1.807) is 7.11 Å². The molecule has 148 valence electrons. The Morgan fingerprint density at radius 2 is 1.22 bits per heavy atom. The lowest BCUT2D eigenvalue weighted by Gasteiger charge is -2.28. The van der Waals surface area contributed by atoms with Gasteiger partial charge in [-0.1, -0.05) is 83.9 Å². The number of phenolic OH excluding ortho intramolecular Hbond substituents is 1. The zero-order chi connectivity index (χ0) is 20.7. The van der Waals surface area contributed by atoms with E-state index in [1.165, 1.54) is 16.7 Å². The van der Waals surface area contributed by atoms with Gasteiger partial charge in [0.15, 0.2) is 0 Å². The number of aryl methyl sites for hydroxylation is 2. The average molecular weight is 369 g/mol. The van der Waals surface area contributed by atoms with E-state index in [1.807, 2.05) is 0 Å². The van der Waals surface area contributed by atoms with Gasteiger partial charge in [-0.3, -0.25) is 0 Å². The van der Waals surface area contributed by atoms with Crippen LogP contribution in [-0.4, -0.2) is 12.2 Å². The number of phenols is 1. The molecule has 0 bridgehead atoms. The molecule has 0 spiro atoms. The number of ether oxygens (including phenoxy) is 1. The maximum atomic E-state index is 11.1. The molecule has 0 aliphatic carbocycles. The van der Waals surface area contributed by atoms with Gasteiger partial charge in [-0.05, 0) is 30.2 Å². The molecule has 0 amide bonds. The monoisotopic (exact) mass is 368 g/mol. The van der Waals surface area contributed by atoms with Crippen molar-refractivity contribution in [3.05, 3.63) is 57.6 Å². The van der Waals surface area contributed by atoms with Crippen molar-refractivity contribution in [2.24, 2.45) is 0 Å². The fourth-order valence-corrected chi connectivity index (χ4v) is 3.78. The van der Waals surface area contributed by atoms with Gasteiger partial charge in [-0.25, -0.2) is 0 Å². The van der Waals surface area contributed by atoms with Crippen molar-refractivity contribution in [1.82, 2.24) is 0 Å². The highest BCUT2D eigenvalue weighted by Crippen LogP contribution is 2.44. The van der Waals surface area contributed by atoms with Crippen molar-refractivity contribution >= 4 is 0 Å². The number of rotatable bonds is 3. The Labute approximate surface area is 165 Å². The molecule has 2 heteroatoms. The van der Waals surface area contributed by atoms with Crippen LogP contribution in [0.25, 0.3) is 0 Å². The third-order valence-corrected chi connectivity index (χ3v) is 5.30. The number of methoxy groups -OCH3 is 1. The quantitative estimate of drug-likeness (QED) is 0.648. The highest BCUT2D eigenvalue weighted by molar-refractivity contribution is 5.56. The van der Waals surface area contributed by atoms with Crippen LogP contribution in [0.15, 0.2) is 24.3 Å². The summed E-state index contributed by atoms with van der Waals surface area (Å²) in [7, 11) is 1.74. The SMILES string of the molecule is COc1c(C(C)c2cc(C)cc(C(C)(C)C)c2O)cc(C)cc1C(C)(C)C. The zero-order valence-corrected chi connectivity index (χ0v) is 18.7. The van der Waals surface area contributed by atoms with Gasteiger partial charge in [-0.15, -0.1) is 0 Å². The first kappa shape index (κ1) is 21.3. The predicted molar refractivity (Wildman–Crippen MR) is 115 cm³/mol. The molecule has 0 aliphatic heterocycles. The normalized spacial score (nSPS) is 13.6. The van der Waals surface area contributed by atoms with E-state index in [9.17, 15) is 5.11 Å². The van der Waals surface area contributed by atoms with E-state index >= 15 is 0 Å². The van der Waals surface area contributed by atoms with Gasteiger partial charge in [0.25, 0.3) is 0 Å². The van der Waals surface area contributed by atoms with Crippen LogP contribution < -0.4 is 4.74 Å². The molecule has 0 heterocycles. The minimum Gasteiger partial charge on any atom is -0.507 e. The summed E-state index contributed by atoms with van der Waals surface area (Å²) in [6.45, 7) is 19.4. The Morgan fingerprint density at radius 1 is 0.778 bits per heavy atom. The largest absolute Gasteiger partial charge is 0.507 e. The van der Waals surface area contributed by atoms with Crippen LogP contribution in [0, 0.1) is 13.8 Å². The van der Waals surface area contributed by atoms with Crippen LogP contribution in [-0.2, 0) is 10.8 Å². The molecule has 2 aromatic rings. The molecular formula is C25H36O2. The number of aromatic hydroxyl groups is 1. The molecule has 2 rings (SSSR count). The van der Waals surface area contributed by atoms with Gasteiger partial charge in [0.05, 0.1) is 7.11 Å². The summed E-state index contributed by atoms with van der Waals surface area (Å²) in [5, 5.41) is 11.1. The fourth-order valence-electron chi connectivity index (χ4n) is 3.78. The van der Waals surface area contributed by atoms with Gasteiger partial charge in [0, 0.05) is 22.6 Å². The first-order valence-electron chi connectivity index (χ1n) is 9.80. The van der Waals surface area contributed by atoms with Crippen molar-refractivity contribution in [3.8, 4) is 11.5 Å². The lowest BCUT2D eigenvalue weighted by atomic mass is 9.78. The van der Waals surface area contributed by atoms with E-state index in [4.69, 9.17) is 4.74 Å². The summed E-state index contributed by atoms with van der Waals surface area (Å²) in [4.78, 5) is 0. The van der Waals surface area contributed by atoms with E-state index in [0.717, 1.165) is 22.4 Å². The Hall–Kier alpha value is -1.96. The zero-order valence-electron chi connectivity index (χ0n) is 18.7. The first-order valence-corrected chi connectivity index (χ1v) is 9.80. The molecule has 27 heavy (non-hydrogen) atoms. The molecule has 0 saturated carbocycles. The van der Waals surface area contributed by atoms with E-state index in [2.05, 4.69) is 86.6 Å². The average Bonchev–Trinajstić information content (AvgIpc) is 2.53. The highest BCUT2D eigenvalue weighted by Gasteiger charge is 2.28. The molecule has 0 aliphatic rings. The van der Waals surface area contributed by atoms with Crippen molar-refractivity contribution < 1.29 is 9.84 Å². The molecule has 1 N–H and O–H groups in total. The second kappa shape index (κ2) is 7.22. The summed E-state index contributed by atoms with van der Waals surface area (Å²) in [5.74, 6) is 1.36. The first-order chi connectivity index (χ1) is 12.3. The maximum absolute atomic E-state index is 11.1. The summed E-state index contributed by atoms with van der Waals surface area (Å²) >= 11 is 0. The predicted octanol–water partition coefficient (Wildman–Crippen LogP) is 6.76. The van der Waals surface area contributed by atoms with E-state index in [0.29, 0.717) is 5.75 Å². The smallest absolute Gasteiger partial charge is 0.126 e. The van der Waals surface area contributed by atoms with Crippen molar-refractivity contribution in [1.29, 1.82) is 0 Å². The molecule has 1 unspecified atom stereocenters. The van der Waals surface area contributed by atoms with Crippen LogP contribution in [0.4, 0.5) is 0 Å². The molecule has 0 fully saturated rings. The Bertz CT molecular complexity index is 833. The minimum atomic E-state index is -0.113. The van der Waals surface area contributed by atoms with Crippen LogP contribution >= 0.6 is 0 Å². The van der Waals surface area contributed by atoms with Gasteiger partial charge < -0.3 is 9.84 Å². The van der Waals surface area contributed by atoms with Crippen molar-refractivity contribution in [2.45, 2.75) is 79.1 Å². The summed E-state index contributed by atoms with van der Waals surface area (Å²) < 4.78 is 5.89. The van der Waals surface area contributed by atoms with Gasteiger partial charge in [-0.2, -0.15) is 0 Å². The molecule has 0 aromatic heterocycles. The maximum Gasteiger partial charge on any atom is 0.126 e. The van der Waals surface area contributed by atoms with E-state index in [-0.39, 0.29) is 16.7 Å². The summed E-state index contributed by atoms with van der Waals surface area (Å²) in [5.41, 5.74) is 6.54. The molecule has 1 atom stereocenters. The minimum absolute atomic E-state index is 0.0168. The fraction of sp³-hybridized carbons (Fsp3) is 0.520. The van der Waals surface area contributed by atoms with Gasteiger partial charge >= 0.3 is 0 Å². The van der Waals surface area contributed by atoms with Crippen LogP contribution in [0.1, 0.15) is 87.8 Å². The molecule has 0 radical (unpaired) electrons. The van der Waals surface area contributed by atoms with Crippen LogP contribution in [0.3, 0.4) is 0 Å². The molecule has 2 aromatic carbocycles. The standard InChI is InChI=1S/C25H36O2/c1-15-11-18(22(26)20(13-15)24(4,5)6)17(3)19-12-16(2)14-21(23(19)27-10)25(7,8)9/h11-14,17,26H,1-10H3. The number of hydrogen-bond acceptors (Lipinski definition) is 2. The lowest BCUT2D eigenvalue weighted by Crippen LogP contribution is -2.16. The summed E-state index contributed by atoms with van der Waals surface area (Å²) in [6, 6.07) is 8.61. The van der Waals surface area contributed by atoms with Gasteiger partial charge in [0.1, 0.15) is 11.5 Å². The van der Waals surface area contributed by atoms with Gasteiger partial charge in [0.2, 0.25) is 0 Å². The molecular weight excluding hydrogens is 332 g/mol. The number of benzene rings is 2. The lowest BCUT2D eigenvalue weighted by molar-refractivity contribution is 0.390. The van der Waals surface area contributed by atoms with Crippen molar-refractivity contribution in [3.63, 3.8) is 0 Å². The Balaban J connectivity index is 2.75. The van der Waals surface area contributed by atoms with Crippen molar-refractivity contribution in [2.75, 3.05) is 7.11 Å². The topological polar surface area (TPSA) is 29.5 Å². The summed E-state index contributed by atoms with van der Waals surface area (Å²) in [6.07, 6.45) is 0. The number of hydrogen-bond donors (Lipinski definition) is 1. The molecule has 0 saturated heterocycles. The molecule has 2 nitrogen and oxygen atoms in total. The third-order valence-electron chi connectivity index (χ3n) is 5.30. The third kappa shape index (κ3) is 4.31. The second-order valence-corrected chi connectivity index (χ2v) is 9.91. The van der Waals surface area contributed by atoms with Crippen LogP contribution in [0.2, 0.25) is 0 Å². The highest BCUT2D eigenvalue weighted by atomic mass is 16.5. The Kier molecular flexibility index (Phi) is 5.71. The van der Waals surface area contributed by atoms with Crippen LogP contribution in [0.5, 0.6) is 11.5 Å². The second-order valence-electron chi connectivity index (χ2n) is 9.91. The Morgan fingerprint density at radius 3 is 1.67 bits per heavy atom.